The first-order valence-corrected chi connectivity index (χ1v) is 9.14. The first-order valence-electron chi connectivity index (χ1n) is 9.14. The minimum absolute atomic E-state index is 0.0270. The normalized spacial score (nSPS) is 41.6. The molecule has 3 nitrogen and oxygen atoms in total. The van der Waals surface area contributed by atoms with E-state index in [4.69, 9.17) is 9.47 Å². The van der Waals surface area contributed by atoms with Crippen molar-refractivity contribution in [3.8, 4) is 0 Å². The molecule has 1 saturated carbocycles. The molecule has 2 saturated heterocycles. The lowest BCUT2D eigenvalue weighted by Gasteiger charge is -2.29. The van der Waals surface area contributed by atoms with Crippen molar-refractivity contribution in [3.63, 3.8) is 0 Å². The van der Waals surface area contributed by atoms with Gasteiger partial charge in [-0.2, -0.15) is 0 Å². The fourth-order valence-corrected chi connectivity index (χ4v) is 4.45. The van der Waals surface area contributed by atoms with Crippen LogP contribution in [-0.4, -0.2) is 24.3 Å². The molecule has 0 amide bonds. The molecule has 0 spiro atoms. The van der Waals surface area contributed by atoms with E-state index < -0.39 is 0 Å². The van der Waals surface area contributed by atoms with Gasteiger partial charge in [0.05, 0.1) is 12.2 Å². The van der Waals surface area contributed by atoms with Gasteiger partial charge in [0.2, 0.25) is 0 Å². The maximum Gasteiger partial charge on any atom is 0.306 e. The molecule has 3 aliphatic rings. The molecule has 3 fully saturated rings. The van der Waals surface area contributed by atoms with Crippen molar-refractivity contribution < 1.29 is 14.3 Å². The molecule has 5 unspecified atom stereocenters. The summed E-state index contributed by atoms with van der Waals surface area (Å²) in [7, 11) is 0. The molecule has 3 heteroatoms. The third-order valence-corrected chi connectivity index (χ3v) is 5.68. The second kappa shape index (κ2) is 7.13. The number of esters is 1. The summed E-state index contributed by atoms with van der Waals surface area (Å²) in [5.41, 5.74) is 0. The summed E-state index contributed by atoms with van der Waals surface area (Å²) in [5, 5.41) is 0. The summed E-state index contributed by atoms with van der Waals surface area (Å²) >= 11 is 0. The van der Waals surface area contributed by atoms with E-state index in [0.717, 1.165) is 19.3 Å². The van der Waals surface area contributed by atoms with Crippen LogP contribution in [0.2, 0.25) is 0 Å². The number of hydrogen-bond donors (Lipinski definition) is 0. The number of ether oxygens (including phenoxy) is 2. The minimum atomic E-state index is 0.0270. The van der Waals surface area contributed by atoms with E-state index in [1.165, 1.54) is 44.9 Å². The van der Waals surface area contributed by atoms with Crippen molar-refractivity contribution >= 4 is 5.97 Å². The molecular weight excluding hydrogens is 264 g/mol. The van der Waals surface area contributed by atoms with Gasteiger partial charge < -0.3 is 9.47 Å². The standard InChI is InChI=1S/C18H30O3/c1-2-15-14-12-16-18(21-16)13(14)10-8-6-4-3-5-7-9-11-17(19)20-15/h13-16,18H,2-12H2,1H3. The zero-order valence-corrected chi connectivity index (χ0v) is 13.4. The number of rotatable bonds is 1. The van der Waals surface area contributed by atoms with Gasteiger partial charge >= 0.3 is 5.97 Å². The van der Waals surface area contributed by atoms with E-state index in [0.29, 0.717) is 30.5 Å². The van der Waals surface area contributed by atoms with Gasteiger partial charge in [0.1, 0.15) is 6.10 Å². The summed E-state index contributed by atoms with van der Waals surface area (Å²) in [6, 6.07) is 0. The Morgan fingerprint density at radius 1 is 1.00 bits per heavy atom. The largest absolute Gasteiger partial charge is 0.462 e. The molecule has 21 heavy (non-hydrogen) atoms. The molecule has 5 atom stereocenters. The number of epoxide rings is 1. The van der Waals surface area contributed by atoms with Crippen LogP contribution in [0.3, 0.4) is 0 Å². The van der Waals surface area contributed by atoms with Gasteiger partial charge in [0, 0.05) is 12.3 Å². The van der Waals surface area contributed by atoms with E-state index in [1.54, 1.807) is 0 Å². The van der Waals surface area contributed by atoms with Crippen molar-refractivity contribution in [2.75, 3.05) is 0 Å². The van der Waals surface area contributed by atoms with Crippen molar-refractivity contribution in [3.05, 3.63) is 0 Å². The fourth-order valence-electron chi connectivity index (χ4n) is 4.45. The van der Waals surface area contributed by atoms with Gasteiger partial charge in [-0.15, -0.1) is 0 Å². The van der Waals surface area contributed by atoms with E-state index in [9.17, 15) is 4.79 Å². The van der Waals surface area contributed by atoms with Crippen LogP contribution in [0.15, 0.2) is 0 Å². The highest BCUT2D eigenvalue weighted by Gasteiger charge is 2.57. The molecule has 1 aliphatic carbocycles. The highest BCUT2D eigenvalue weighted by Crippen LogP contribution is 2.51. The number of carbonyl (C=O) groups excluding carboxylic acids is 1. The van der Waals surface area contributed by atoms with Crippen LogP contribution in [-0.2, 0) is 14.3 Å². The minimum Gasteiger partial charge on any atom is -0.462 e. The van der Waals surface area contributed by atoms with Crippen LogP contribution in [0.4, 0.5) is 0 Å². The summed E-state index contributed by atoms with van der Waals surface area (Å²) in [6.07, 6.45) is 13.8. The Labute approximate surface area is 128 Å². The van der Waals surface area contributed by atoms with Crippen LogP contribution < -0.4 is 0 Å². The van der Waals surface area contributed by atoms with Crippen LogP contribution in [0.5, 0.6) is 0 Å². The summed E-state index contributed by atoms with van der Waals surface area (Å²) in [6.45, 7) is 2.16. The van der Waals surface area contributed by atoms with Crippen molar-refractivity contribution in [2.45, 2.75) is 95.9 Å². The lowest BCUT2D eigenvalue weighted by atomic mass is 9.84. The second-order valence-electron chi connectivity index (χ2n) is 7.15. The maximum absolute atomic E-state index is 12.1. The molecule has 0 aromatic heterocycles. The van der Waals surface area contributed by atoms with Crippen molar-refractivity contribution in [1.82, 2.24) is 0 Å². The van der Waals surface area contributed by atoms with Crippen LogP contribution >= 0.6 is 0 Å². The smallest absolute Gasteiger partial charge is 0.306 e. The summed E-state index contributed by atoms with van der Waals surface area (Å²) < 4.78 is 11.6. The van der Waals surface area contributed by atoms with Gasteiger partial charge in [0.25, 0.3) is 0 Å². The zero-order valence-electron chi connectivity index (χ0n) is 13.4. The van der Waals surface area contributed by atoms with Crippen LogP contribution in [0.1, 0.15) is 77.6 Å². The van der Waals surface area contributed by atoms with Crippen molar-refractivity contribution in [1.29, 1.82) is 0 Å². The van der Waals surface area contributed by atoms with Crippen LogP contribution in [0.25, 0.3) is 0 Å². The van der Waals surface area contributed by atoms with Gasteiger partial charge in [0.15, 0.2) is 0 Å². The Morgan fingerprint density at radius 3 is 2.48 bits per heavy atom. The Bertz CT molecular complexity index is 354. The summed E-state index contributed by atoms with van der Waals surface area (Å²) in [5.74, 6) is 1.21. The molecule has 0 aromatic carbocycles. The van der Waals surface area contributed by atoms with Crippen molar-refractivity contribution in [2.24, 2.45) is 11.8 Å². The van der Waals surface area contributed by atoms with E-state index in [1.807, 2.05) is 0 Å². The molecule has 2 aliphatic heterocycles. The lowest BCUT2D eigenvalue weighted by Crippen LogP contribution is -2.31. The third kappa shape index (κ3) is 3.80. The molecular formula is C18H30O3. The Hall–Kier alpha value is -0.570. The van der Waals surface area contributed by atoms with Gasteiger partial charge in [-0.1, -0.05) is 45.4 Å². The Morgan fingerprint density at radius 2 is 1.71 bits per heavy atom. The third-order valence-electron chi connectivity index (χ3n) is 5.68. The Kier molecular flexibility index (Phi) is 5.20. The van der Waals surface area contributed by atoms with Gasteiger partial charge in [-0.05, 0) is 31.6 Å². The molecule has 120 valence electrons. The number of cyclic esters (lactones) is 1. The first kappa shape index (κ1) is 15.3. The number of fused-ring (bicyclic) bond motifs is 3. The predicted octanol–water partition coefficient (Wildman–Crippen LogP) is 4.24. The summed E-state index contributed by atoms with van der Waals surface area (Å²) in [4.78, 5) is 12.1. The fraction of sp³-hybridized carbons (Fsp3) is 0.944. The zero-order chi connectivity index (χ0) is 14.7. The highest BCUT2D eigenvalue weighted by atomic mass is 16.6. The van der Waals surface area contributed by atoms with Gasteiger partial charge in [-0.3, -0.25) is 4.79 Å². The molecule has 0 aromatic rings. The van der Waals surface area contributed by atoms with Gasteiger partial charge in [-0.25, -0.2) is 0 Å². The lowest BCUT2D eigenvalue weighted by molar-refractivity contribution is -0.154. The molecule has 3 rings (SSSR count). The van der Waals surface area contributed by atoms with E-state index in [-0.39, 0.29) is 12.1 Å². The SMILES string of the molecule is CCC1OC(=O)CCCCCCCCCC2C1CC1OC12. The number of hydrogen-bond acceptors (Lipinski definition) is 3. The predicted molar refractivity (Wildman–Crippen MR) is 82.0 cm³/mol. The van der Waals surface area contributed by atoms with E-state index in [2.05, 4.69) is 6.92 Å². The molecule has 2 heterocycles. The van der Waals surface area contributed by atoms with E-state index >= 15 is 0 Å². The topological polar surface area (TPSA) is 38.8 Å². The maximum atomic E-state index is 12.1. The quantitative estimate of drug-likeness (QED) is 0.536. The number of carbonyl (C=O) groups is 1. The van der Waals surface area contributed by atoms with Crippen LogP contribution in [0, 0.1) is 11.8 Å². The molecule has 0 radical (unpaired) electrons. The average molecular weight is 294 g/mol. The monoisotopic (exact) mass is 294 g/mol. The molecule has 0 N–H and O–H groups in total. The highest BCUT2D eigenvalue weighted by molar-refractivity contribution is 5.69. The molecule has 0 bridgehead atoms. The first-order chi connectivity index (χ1) is 10.3. The average Bonchev–Trinajstić information content (AvgIpc) is 3.16. The Balaban J connectivity index is 1.63. The second-order valence-corrected chi connectivity index (χ2v) is 7.15.